The number of methoxy groups -OCH3 is 1. The molecule has 0 atom stereocenters. The van der Waals surface area contributed by atoms with Crippen molar-refractivity contribution in [1.82, 2.24) is 4.98 Å². The fourth-order valence-corrected chi connectivity index (χ4v) is 2.64. The lowest BCUT2D eigenvalue weighted by molar-refractivity contribution is 0.415. The zero-order valence-electron chi connectivity index (χ0n) is 12.7. The number of nitrogens with two attached hydrogens (primary N) is 1. The van der Waals surface area contributed by atoms with Gasteiger partial charge < -0.3 is 15.4 Å². The van der Waals surface area contributed by atoms with Crippen LogP contribution in [0.3, 0.4) is 0 Å². The van der Waals surface area contributed by atoms with Crippen molar-refractivity contribution in [2.24, 2.45) is 5.73 Å². The van der Waals surface area contributed by atoms with Crippen LogP contribution in [0.25, 0.3) is 0 Å². The van der Waals surface area contributed by atoms with Crippen molar-refractivity contribution < 1.29 is 4.74 Å². The van der Waals surface area contributed by atoms with Gasteiger partial charge in [-0.05, 0) is 37.6 Å². The largest absolute Gasteiger partial charge is 0.495 e. The summed E-state index contributed by atoms with van der Waals surface area (Å²) in [6, 6.07) is 9.75. The van der Waals surface area contributed by atoms with Crippen LogP contribution >= 0.6 is 12.2 Å². The second kappa shape index (κ2) is 6.10. The summed E-state index contributed by atoms with van der Waals surface area (Å²) in [6.07, 6.45) is 0. The lowest BCUT2D eigenvalue weighted by atomic mass is 10.1. The van der Waals surface area contributed by atoms with E-state index in [0.717, 1.165) is 34.1 Å². The minimum atomic E-state index is 0.344. The molecular weight excluding hydrogens is 282 g/mol. The van der Waals surface area contributed by atoms with Gasteiger partial charge in [-0.2, -0.15) is 0 Å². The Balaban J connectivity index is 2.63. The Morgan fingerprint density at radius 2 is 1.95 bits per heavy atom. The van der Waals surface area contributed by atoms with E-state index < -0.39 is 0 Å². The summed E-state index contributed by atoms with van der Waals surface area (Å²) in [6.45, 7) is 3.94. The van der Waals surface area contributed by atoms with Crippen LogP contribution in [0.1, 0.15) is 16.8 Å². The van der Waals surface area contributed by atoms with Crippen molar-refractivity contribution >= 4 is 28.7 Å². The lowest BCUT2D eigenvalue weighted by Crippen LogP contribution is -2.21. The van der Waals surface area contributed by atoms with Crippen molar-refractivity contribution in [2.45, 2.75) is 13.8 Å². The number of nitrogens with zero attached hydrogens (tertiary/aromatic N) is 2. The fourth-order valence-electron chi connectivity index (χ4n) is 2.39. The molecule has 0 spiro atoms. The molecule has 1 heterocycles. The standard InChI is InChI=1S/C16H19N3OS/c1-10-9-11(2)18-16(14(10)15(17)21)19(3)12-7-5-6-8-13(12)20-4/h5-9H,1-4H3,(H2,17,21). The first-order valence-electron chi connectivity index (χ1n) is 6.60. The Hall–Kier alpha value is -2.14. The Labute approximate surface area is 130 Å². The van der Waals surface area contributed by atoms with E-state index in [2.05, 4.69) is 4.98 Å². The van der Waals surface area contributed by atoms with Gasteiger partial charge in [0.1, 0.15) is 16.6 Å². The van der Waals surface area contributed by atoms with Gasteiger partial charge in [0.05, 0.1) is 18.4 Å². The van der Waals surface area contributed by atoms with Crippen LogP contribution in [-0.2, 0) is 0 Å². The van der Waals surface area contributed by atoms with E-state index in [1.54, 1.807) is 7.11 Å². The highest BCUT2D eigenvalue weighted by molar-refractivity contribution is 7.80. The summed E-state index contributed by atoms with van der Waals surface area (Å²) in [5.74, 6) is 1.51. The number of thiocarbonyl (C=S) groups is 1. The Bertz CT molecular complexity index is 685. The number of pyridine rings is 1. The number of hydrogen-bond donors (Lipinski definition) is 1. The van der Waals surface area contributed by atoms with Crippen molar-refractivity contribution in [3.05, 3.63) is 47.2 Å². The third kappa shape index (κ3) is 2.97. The third-order valence-corrected chi connectivity index (χ3v) is 3.54. The molecule has 0 amide bonds. The highest BCUT2D eigenvalue weighted by Gasteiger charge is 2.18. The van der Waals surface area contributed by atoms with E-state index in [4.69, 9.17) is 22.7 Å². The van der Waals surface area contributed by atoms with E-state index >= 15 is 0 Å². The van der Waals surface area contributed by atoms with Gasteiger partial charge in [-0.3, -0.25) is 0 Å². The number of ether oxygens (including phenoxy) is 1. The predicted octanol–water partition coefficient (Wildman–Crippen LogP) is 3.11. The van der Waals surface area contributed by atoms with Crippen LogP contribution in [0, 0.1) is 13.8 Å². The molecule has 2 N–H and O–H groups in total. The van der Waals surface area contributed by atoms with Gasteiger partial charge in [0, 0.05) is 12.7 Å². The minimum Gasteiger partial charge on any atom is -0.495 e. The summed E-state index contributed by atoms with van der Waals surface area (Å²) in [5.41, 5.74) is 9.53. The van der Waals surface area contributed by atoms with Crippen LogP contribution in [0.4, 0.5) is 11.5 Å². The normalized spacial score (nSPS) is 10.3. The van der Waals surface area contributed by atoms with E-state index in [9.17, 15) is 0 Å². The van der Waals surface area contributed by atoms with Gasteiger partial charge >= 0.3 is 0 Å². The maximum absolute atomic E-state index is 5.89. The molecule has 4 nitrogen and oxygen atoms in total. The average Bonchev–Trinajstić information content (AvgIpc) is 2.45. The Morgan fingerprint density at radius 3 is 2.57 bits per heavy atom. The summed E-state index contributed by atoms with van der Waals surface area (Å²) < 4.78 is 5.42. The fraction of sp³-hybridized carbons (Fsp3) is 0.250. The molecule has 0 aliphatic carbocycles. The summed E-state index contributed by atoms with van der Waals surface area (Å²) >= 11 is 5.19. The van der Waals surface area contributed by atoms with Gasteiger partial charge in [0.2, 0.25) is 0 Å². The molecule has 1 aromatic heterocycles. The van der Waals surface area contributed by atoms with Crippen LogP contribution in [0.2, 0.25) is 0 Å². The van der Waals surface area contributed by atoms with Gasteiger partial charge in [-0.15, -0.1) is 0 Å². The van der Waals surface area contributed by atoms with Gasteiger partial charge in [-0.1, -0.05) is 24.4 Å². The minimum absolute atomic E-state index is 0.344. The topological polar surface area (TPSA) is 51.4 Å². The first kappa shape index (κ1) is 15.3. The van der Waals surface area contributed by atoms with Crippen molar-refractivity contribution in [3.8, 4) is 5.75 Å². The Kier molecular flexibility index (Phi) is 4.43. The second-order valence-electron chi connectivity index (χ2n) is 4.87. The van der Waals surface area contributed by atoms with Gasteiger partial charge in [0.25, 0.3) is 0 Å². The number of benzene rings is 1. The van der Waals surface area contributed by atoms with E-state index in [-0.39, 0.29) is 0 Å². The van der Waals surface area contributed by atoms with E-state index in [1.807, 2.05) is 56.1 Å². The molecule has 0 bridgehead atoms. The first-order chi connectivity index (χ1) is 9.95. The van der Waals surface area contributed by atoms with E-state index in [1.165, 1.54) is 0 Å². The molecule has 0 aliphatic heterocycles. The quantitative estimate of drug-likeness (QED) is 0.879. The molecule has 110 valence electrons. The second-order valence-corrected chi connectivity index (χ2v) is 5.31. The molecule has 0 unspecified atom stereocenters. The molecule has 21 heavy (non-hydrogen) atoms. The number of rotatable bonds is 4. The third-order valence-electron chi connectivity index (χ3n) is 3.34. The van der Waals surface area contributed by atoms with Crippen LogP contribution < -0.4 is 15.4 Å². The monoisotopic (exact) mass is 301 g/mol. The van der Waals surface area contributed by atoms with Crippen molar-refractivity contribution in [2.75, 3.05) is 19.1 Å². The number of para-hydroxylation sites is 2. The molecule has 0 saturated carbocycles. The Morgan fingerprint density at radius 1 is 1.29 bits per heavy atom. The zero-order chi connectivity index (χ0) is 15.6. The number of aromatic nitrogens is 1. The van der Waals surface area contributed by atoms with Crippen molar-refractivity contribution in [1.29, 1.82) is 0 Å². The van der Waals surface area contributed by atoms with Crippen LogP contribution in [0.15, 0.2) is 30.3 Å². The van der Waals surface area contributed by atoms with Gasteiger partial charge in [0.15, 0.2) is 0 Å². The predicted molar refractivity (Wildman–Crippen MR) is 90.7 cm³/mol. The van der Waals surface area contributed by atoms with Crippen LogP contribution in [0.5, 0.6) is 5.75 Å². The maximum atomic E-state index is 5.89. The molecule has 0 radical (unpaired) electrons. The van der Waals surface area contributed by atoms with Gasteiger partial charge in [-0.25, -0.2) is 4.98 Å². The molecule has 2 aromatic rings. The van der Waals surface area contributed by atoms with E-state index in [0.29, 0.717) is 4.99 Å². The van der Waals surface area contributed by atoms with Crippen LogP contribution in [-0.4, -0.2) is 24.1 Å². The summed E-state index contributed by atoms with van der Waals surface area (Å²) in [7, 11) is 3.58. The zero-order valence-corrected chi connectivity index (χ0v) is 13.5. The molecule has 1 aromatic carbocycles. The SMILES string of the molecule is COc1ccccc1N(C)c1nc(C)cc(C)c1C(N)=S. The highest BCUT2D eigenvalue weighted by Crippen LogP contribution is 2.33. The summed E-state index contributed by atoms with van der Waals surface area (Å²) in [5, 5.41) is 0. The van der Waals surface area contributed by atoms with Crippen molar-refractivity contribution in [3.63, 3.8) is 0 Å². The smallest absolute Gasteiger partial charge is 0.143 e. The number of aryl methyl sites for hydroxylation is 2. The molecular formula is C16H19N3OS. The molecule has 2 rings (SSSR count). The first-order valence-corrected chi connectivity index (χ1v) is 7.01. The lowest BCUT2D eigenvalue weighted by Gasteiger charge is -2.24. The molecule has 5 heteroatoms. The highest BCUT2D eigenvalue weighted by atomic mass is 32.1. The molecule has 0 saturated heterocycles. The summed E-state index contributed by atoms with van der Waals surface area (Å²) in [4.78, 5) is 6.91. The number of hydrogen-bond acceptors (Lipinski definition) is 4. The number of anilines is 2. The molecule has 0 aliphatic rings. The maximum Gasteiger partial charge on any atom is 0.143 e. The molecule has 0 fully saturated rings. The average molecular weight is 301 g/mol.